The molecule has 0 saturated carbocycles. The minimum Gasteiger partial charge on any atom is -0.362 e. The van der Waals surface area contributed by atoms with E-state index in [1.54, 1.807) is 6.92 Å². The van der Waals surface area contributed by atoms with Gasteiger partial charge in [-0.2, -0.15) is 0 Å². The van der Waals surface area contributed by atoms with E-state index in [2.05, 4.69) is 6.92 Å². The molecule has 0 saturated heterocycles. The Balaban J connectivity index is 5.56. The van der Waals surface area contributed by atoms with Crippen molar-refractivity contribution in [2.75, 3.05) is 26.9 Å². The van der Waals surface area contributed by atoms with Crippen LogP contribution >= 0.6 is 0 Å². The summed E-state index contributed by atoms with van der Waals surface area (Å²) in [4.78, 5) is 0. The van der Waals surface area contributed by atoms with Crippen molar-refractivity contribution in [1.29, 1.82) is 0 Å². The summed E-state index contributed by atoms with van der Waals surface area (Å²) in [6, 6.07) is 0. The van der Waals surface area contributed by atoms with Crippen LogP contribution in [0.1, 0.15) is 60.8 Å². The zero-order chi connectivity index (χ0) is 17.9. The Kier molecular flexibility index (Phi) is 11.2. The normalized spacial score (nSPS) is 18.7. The molecule has 0 bridgehead atoms. The third-order valence-electron chi connectivity index (χ3n) is 3.41. The van der Waals surface area contributed by atoms with Crippen molar-refractivity contribution in [3.8, 4) is 0 Å². The third-order valence-corrected chi connectivity index (χ3v) is 3.41. The number of ether oxygens (including phenoxy) is 5. The number of hydrogen-bond acceptors (Lipinski definition) is 6. The maximum absolute atomic E-state index is 11.2. The van der Waals surface area contributed by atoms with Gasteiger partial charge in [0.1, 0.15) is 0 Å². The third kappa shape index (κ3) is 6.64. The summed E-state index contributed by atoms with van der Waals surface area (Å²) in [7, 11) is 1.51. The molecule has 0 aliphatic rings. The molecule has 23 heavy (non-hydrogen) atoms. The molecular weight excluding hydrogens is 300 g/mol. The zero-order valence-electron chi connectivity index (χ0n) is 15.9. The van der Waals surface area contributed by atoms with Gasteiger partial charge in [-0.25, -0.2) is 0 Å². The SMILES string of the molecule is CCCCOC(O)(OC(C)C)C(C)(OCCC)C(OC)OCC. The van der Waals surface area contributed by atoms with Gasteiger partial charge in [0, 0.05) is 20.3 Å². The van der Waals surface area contributed by atoms with Crippen LogP contribution in [0.5, 0.6) is 0 Å². The first-order valence-electron chi connectivity index (χ1n) is 8.63. The summed E-state index contributed by atoms with van der Waals surface area (Å²) < 4.78 is 28.4. The molecule has 0 aromatic carbocycles. The fourth-order valence-electron chi connectivity index (χ4n) is 2.19. The molecule has 3 unspecified atom stereocenters. The lowest BCUT2D eigenvalue weighted by Crippen LogP contribution is -2.65. The molecule has 0 fully saturated rings. The van der Waals surface area contributed by atoms with E-state index in [1.807, 2.05) is 27.7 Å². The average molecular weight is 336 g/mol. The molecule has 0 radical (unpaired) electrons. The van der Waals surface area contributed by atoms with Crippen LogP contribution in [0.25, 0.3) is 0 Å². The predicted molar refractivity (Wildman–Crippen MR) is 89.1 cm³/mol. The molecule has 140 valence electrons. The fraction of sp³-hybridized carbons (Fsp3) is 1.00. The Morgan fingerprint density at radius 1 is 1.00 bits per heavy atom. The Morgan fingerprint density at radius 3 is 2.09 bits per heavy atom. The van der Waals surface area contributed by atoms with Crippen molar-refractivity contribution in [1.82, 2.24) is 0 Å². The highest BCUT2D eigenvalue weighted by atomic mass is 16.8. The van der Waals surface area contributed by atoms with Crippen LogP contribution in [0.15, 0.2) is 0 Å². The van der Waals surface area contributed by atoms with Gasteiger partial charge in [-0.05, 0) is 40.5 Å². The molecular formula is C17H36O6. The molecule has 0 heterocycles. The molecule has 0 spiro atoms. The van der Waals surface area contributed by atoms with Gasteiger partial charge in [0.15, 0.2) is 11.9 Å². The lowest BCUT2D eigenvalue weighted by atomic mass is 10.0. The lowest BCUT2D eigenvalue weighted by molar-refractivity contribution is -0.465. The first-order chi connectivity index (χ1) is 10.8. The van der Waals surface area contributed by atoms with E-state index in [-0.39, 0.29) is 6.10 Å². The molecule has 1 N–H and O–H groups in total. The number of methoxy groups -OCH3 is 1. The Hall–Kier alpha value is -0.240. The molecule has 0 rings (SSSR count). The van der Waals surface area contributed by atoms with Gasteiger partial charge >= 0.3 is 5.97 Å². The molecule has 0 aliphatic carbocycles. The van der Waals surface area contributed by atoms with Gasteiger partial charge in [0.25, 0.3) is 0 Å². The van der Waals surface area contributed by atoms with Crippen molar-refractivity contribution in [2.24, 2.45) is 0 Å². The van der Waals surface area contributed by atoms with Crippen LogP contribution in [-0.4, -0.2) is 56.0 Å². The zero-order valence-corrected chi connectivity index (χ0v) is 15.9. The molecule has 6 heteroatoms. The highest BCUT2D eigenvalue weighted by Gasteiger charge is 2.58. The second-order valence-electron chi connectivity index (χ2n) is 5.93. The smallest absolute Gasteiger partial charge is 0.316 e. The molecule has 0 aromatic heterocycles. The number of hydrogen-bond donors (Lipinski definition) is 1. The number of rotatable bonds is 14. The van der Waals surface area contributed by atoms with Gasteiger partial charge in [-0.3, -0.25) is 0 Å². The van der Waals surface area contributed by atoms with Crippen LogP contribution in [-0.2, 0) is 23.7 Å². The van der Waals surface area contributed by atoms with E-state index in [1.165, 1.54) is 7.11 Å². The van der Waals surface area contributed by atoms with Gasteiger partial charge in [0.2, 0.25) is 0 Å². The van der Waals surface area contributed by atoms with Gasteiger partial charge in [-0.15, -0.1) is 0 Å². The monoisotopic (exact) mass is 336 g/mol. The molecule has 3 atom stereocenters. The van der Waals surface area contributed by atoms with Crippen LogP contribution in [0, 0.1) is 0 Å². The summed E-state index contributed by atoms with van der Waals surface area (Å²) in [5, 5.41) is 11.2. The van der Waals surface area contributed by atoms with E-state index >= 15 is 0 Å². The Morgan fingerprint density at radius 2 is 1.65 bits per heavy atom. The average Bonchev–Trinajstić information content (AvgIpc) is 2.49. The summed E-state index contributed by atoms with van der Waals surface area (Å²) in [5.74, 6) is -1.97. The fourth-order valence-corrected chi connectivity index (χ4v) is 2.19. The predicted octanol–water partition coefficient (Wildman–Crippen LogP) is 3.07. The summed E-state index contributed by atoms with van der Waals surface area (Å²) in [6.07, 6.45) is 1.45. The maximum Gasteiger partial charge on any atom is 0.316 e. The summed E-state index contributed by atoms with van der Waals surface area (Å²) >= 11 is 0. The van der Waals surface area contributed by atoms with E-state index in [4.69, 9.17) is 23.7 Å². The van der Waals surface area contributed by atoms with Crippen LogP contribution < -0.4 is 0 Å². The van der Waals surface area contributed by atoms with E-state index < -0.39 is 17.9 Å². The second-order valence-corrected chi connectivity index (χ2v) is 5.93. The van der Waals surface area contributed by atoms with Crippen molar-refractivity contribution >= 4 is 0 Å². The minimum absolute atomic E-state index is 0.259. The van der Waals surface area contributed by atoms with E-state index in [0.717, 1.165) is 19.3 Å². The quantitative estimate of drug-likeness (QED) is 0.388. The highest BCUT2D eigenvalue weighted by Crippen LogP contribution is 2.36. The van der Waals surface area contributed by atoms with E-state index in [0.29, 0.717) is 19.8 Å². The Bertz CT molecular complexity index is 299. The van der Waals surface area contributed by atoms with E-state index in [9.17, 15) is 5.11 Å². The summed E-state index contributed by atoms with van der Waals surface area (Å²) in [5.41, 5.74) is -1.33. The minimum atomic E-state index is -1.97. The van der Waals surface area contributed by atoms with Gasteiger partial charge < -0.3 is 28.8 Å². The van der Waals surface area contributed by atoms with Gasteiger partial charge in [0.05, 0.1) is 12.7 Å². The van der Waals surface area contributed by atoms with Crippen LogP contribution in [0.4, 0.5) is 0 Å². The number of unbranched alkanes of at least 4 members (excludes halogenated alkanes) is 1. The first-order valence-corrected chi connectivity index (χ1v) is 8.63. The largest absolute Gasteiger partial charge is 0.362 e. The first kappa shape index (κ1) is 22.8. The van der Waals surface area contributed by atoms with Crippen molar-refractivity contribution in [3.05, 3.63) is 0 Å². The van der Waals surface area contributed by atoms with Crippen LogP contribution in [0.3, 0.4) is 0 Å². The van der Waals surface area contributed by atoms with Gasteiger partial charge in [-0.1, -0.05) is 20.3 Å². The highest BCUT2D eigenvalue weighted by molar-refractivity contribution is 4.90. The molecule has 0 amide bonds. The number of aliphatic hydroxyl groups is 1. The summed E-state index contributed by atoms with van der Waals surface area (Å²) in [6.45, 7) is 12.4. The Labute approximate surface area is 141 Å². The topological polar surface area (TPSA) is 66.4 Å². The lowest BCUT2D eigenvalue weighted by Gasteiger charge is -2.46. The molecule has 0 aromatic rings. The van der Waals surface area contributed by atoms with Crippen LogP contribution in [0.2, 0.25) is 0 Å². The van der Waals surface area contributed by atoms with Crippen molar-refractivity contribution in [2.45, 2.75) is 84.8 Å². The standard InChI is InChI=1S/C17H36O6/c1-8-11-13-22-17(18,23-14(4)5)16(6,21-12-9-2)15(19-7)20-10-3/h14-15,18H,8-13H2,1-7H3. The molecule has 0 aliphatic heterocycles. The van der Waals surface area contributed by atoms with Crippen molar-refractivity contribution < 1.29 is 28.8 Å². The second kappa shape index (κ2) is 11.3. The van der Waals surface area contributed by atoms with Crippen molar-refractivity contribution in [3.63, 3.8) is 0 Å². The molecule has 6 nitrogen and oxygen atoms in total. The maximum atomic E-state index is 11.2.